The van der Waals surface area contributed by atoms with E-state index in [1.165, 1.54) is 28.3 Å². The average Bonchev–Trinajstić information content (AvgIpc) is 2.72. The van der Waals surface area contributed by atoms with Crippen LogP contribution in [0.1, 0.15) is 21.7 Å². The summed E-state index contributed by atoms with van der Waals surface area (Å²) in [6.07, 6.45) is -2.65. The Labute approximate surface area is 130 Å². The Morgan fingerprint density at radius 3 is 2.77 bits per heavy atom. The van der Waals surface area contributed by atoms with E-state index in [1.807, 2.05) is 0 Å². The number of aromatic nitrogens is 1. The van der Waals surface area contributed by atoms with Crippen LogP contribution in [0.4, 0.5) is 18.3 Å². The Morgan fingerprint density at radius 1 is 1.23 bits per heavy atom. The van der Waals surface area contributed by atoms with Gasteiger partial charge in [-0.15, -0.1) is 11.3 Å². The fourth-order valence-electron chi connectivity index (χ4n) is 2.69. The number of nitrogens with zero attached hydrogens (tertiary/aromatic N) is 2. The minimum atomic E-state index is -4.29. The van der Waals surface area contributed by atoms with Crippen LogP contribution in [-0.4, -0.2) is 23.0 Å². The molecule has 1 aliphatic heterocycles. The summed E-state index contributed by atoms with van der Waals surface area (Å²) in [5.74, 6) is 0. The monoisotopic (exact) mass is 327 g/mol. The van der Waals surface area contributed by atoms with Crippen molar-refractivity contribution < 1.29 is 13.2 Å². The Hall–Kier alpha value is -1.60. The largest absolute Gasteiger partial charge is 0.416 e. The van der Waals surface area contributed by atoms with Crippen LogP contribution in [0.5, 0.6) is 0 Å². The van der Waals surface area contributed by atoms with Crippen molar-refractivity contribution in [3.8, 4) is 0 Å². The molecule has 0 amide bonds. The molecule has 2 N–H and O–H groups in total. The van der Waals surface area contributed by atoms with Crippen molar-refractivity contribution in [3.63, 3.8) is 0 Å². The van der Waals surface area contributed by atoms with Crippen LogP contribution in [0.25, 0.3) is 0 Å². The van der Waals surface area contributed by atoms with Crippen LogP contribution in [0.3, 0.4) is 0 Å². The smallest absolute Gasteiger partial charge is 0.375 e. The van der Waals surface area contributed by atoms with Gasteiger partial charge in [-0.1, -0.05) is 18.2 Å². The van der Waals surface area contributed by atoms with Gasteiger partial charge in [-0.2, -0.15) is 13.2 Å². The van der Waals surface area contributed by atoms with E-state index < -0.39 is 11.7 Å². The third kappa shape index (κ3) is 3.41. The predicted molar refractivity (Wildman–Crippen MR) is 80.7 cm³/mol. The lowest BCUT2D eigenvalue weighted by atomic mass is 10.1. The van der Waals surface area contributed by atoms with Crippen molar-refractivity contribution in [1.82, 2.24) is 9.88 Å². The molecule has 3 nitrogen and oxygen atoms in total. The normalized spacial score (nSPS) is 16.3. The summed E-state index contributed by atoms with van der Waals surface area (Å²) in [6.45, 7) is 2.12. The van der Waals surface area contributed by atoms with Crippen molar-refractivity contribution in [1.29, 1.82) is 0 Å². The Kier molecular flexibility index (Phi) is 4.10. The number of hydrogen-bond acceptors (Lipinski definition) is 4. The second-order valence-electron chi connectivity index (χ2n) is 5.40. The maximum Gasteiger partial charge on any atom is 0.416 e. The lowest BCUT2D eigenvalue weighted by Gasteiger charge is -2.20. The average molecular weight is 327 g/mol. The first-order valence-electron chi connectivity index (χ1n) is 7.04. The van der Waals surface area contributed by atoms with Crippen LogP contribution in [-0.2, 0) is 25.6 Å². The van der Waals surface area contributed by atoms with E-state index in [4.69, 9.17) is 5.73 Å². The third-order valence-electron chi connectivity index (χ3n) is 3.78. The molecular weight excluding hydrogens is 311 g/mol. The number of halogens is 3. The van der Waals surface area contributed by atoms with Crippen LogP contribution in [0, 0.1) is 0 Å². The SMILES string of the molecule is Nc1nc2c(s1)CCN(Cc1cccc(C(F)(F)F)c1)CC2. The molecule has 0 spiro atoms. The van der Waals surface area contributed by atoms with Crippen LogP contribution in [0.15, 0.2) is 24.3 Å². The molecule has 0 saturated carbocycles. The van der Waals surface area contributed by atoms with E-state index in [0.717, 1.165) is 37.7 Å². The summed E-state index contributed by atoms with van der Waals surface area (Å²) in [7, 11) is 0. The highest BCUT2D eigenvalue weighted by atomic mass is 32.1. The summed E-state index contributed by atoms with van der Waals surface area (Å²) in [4.78, 5) is 7.68. The summed E-state index contributed by atoms with van der Waals surface area (Å²) in [5, 5.41) is 0.594. The van der Waals surface area contributed by atoms with Gasteiger partial charge >= 0.3 is 6.18 Å². The van der Waals surface area contributed by atoms with Gasteiger partial charge in [0.15, 0.2) is 5.13 Å². The van der Waals surface area contributed by atoms with Gasteiger partial charge in [0.05, 0.1) is 11.3 Å². The molecule has 7 heteroatoms. The number of benzene rings is 1. The molecule has 0 unspecified atom stereocenters. The van der Waals surface area contributed by atoms with E-state index in [0.29, 0.717) is 17.2 Å². The molecule has 0 bridgehead atoms. The zero-order chi connectivity index (χ0) is 15.7. The van der Waals surface area contributed by atoms with Crippen molar-refractivity contribution in [2.45, 2.75) is 25.6 Å². The number of thiazole rings is 1. The zero-order valence-electron chi connectivity index (χ0n) is 11.9. The fourth-order valence-corrected chi connectivity index (χ4v) is 3.56. The summed E-state index contributed by atoms with van der Waals surface area (Å²) in [5.41, 5.74) is 6.85. The zero-order valence-corrected chi connectivity index (χ0v) is 12.7. The van der Waals surface area contributed by atoms with Gasteiger partial charge in [-0.05, 0) is 18.1 Å². The van der Waals surface area contributed by atoms with E-state index >= 15 is 0 Å². The van der Waals surface area contributed by atoms with Gasteiger partial charge < -0.3 is 5.73 Å². The summed E-state index contributed by atoms with van der Waals surface area (Å²) in [6, 6.07) is 5.55. The predicted octanol–water partition coefficient (Wildman–Crippen LogP) is 3.34. The summed E-state index contributed by atoms with van der Waals surface area (Å²) < 4.78 is 38.3. The van der Waals surface area contributed by atoms with E-state index in [1.54, 1.807) is 6.07 Å². The van der Waals surface area contributed by atoms with Gasteiger partial charge in [0.1, 0.15) is 0 Å². The molecule has 0 atom stereocenters. The molecule has 0 fully saturated rings. The standard InChI is InChI=1S/C15H16F3N3S/c16-15(17,18)11-3-1-2-10(8-11)9-21-6-4-12-13(5-7-21)22-14(19)20-12/h1-3,8H,4-7,9H2,(H2,19,20). The summed E-state index contributed by atoms with van der Waals surface area (Å²) >= 11 is 1.51. The Balaban J connectivity index is 1.68. The first-order chi connectivity index (χ1) is 10.4. The molecular formula is C15H16F3N3S. The van der Waals surface area contributed by atoms with Crippen molar-refractivity contribution >= 4 is 16.5 Å². The number of anilines is 1. The lowest BCUT2D eigenvalue weighted by Crippen LogP contribution is -2.26. The Morgan fingerprint density at radius 2 is 2.00 bits per heavy atom. The van der Waals surface area contributed by atoms with Crippen molar-refractivity contribution in [3.05, 3.63) is 46.0 Å². The van der Waals surface area contributed by atoms with Gasteiger partial charge in [0.25, 0.3) is 0 Å². The maximum atomic E-state index is 12.8. The third-order valence-corrected chi connectivity index (χ3v) is 4.76. The maximum absolute atomic E-state index is 12.8. The molecule has 1 aromatic carbocycles. The first-order valence-corrected chi connectivity index (χ1v) is 7.86. The second kappa shape index (κ2) is 5.89. The minimum Gasteiger partial charge on any atom is -0.375 e. The fraction of sp³-hybridized carbons (Fsp3) is 0.400. The van der Waals surface area contributed by atoms with Crippen LogP contribution < -0.4 is 5.73 Å². The van der Waals surface area contributed by atoms with E-state index in [2.05, 4.69) is 9.88 Å². The first kappa shape index (κ1) is 15.3. The lowest BCUT2D eigenvalue weighted by molar-refractivity contribution is -0.137. The molecule has 2 aromatic rings. The second-order valence-corrected chi connectivity index (χ2v) is 6.51. The molecule has 2 heterocycles. The quantitative estimate of drug-likeness (QED) is 0.920. The van der Waals surface area contributed by atoms with E-state index in [9.17, 15) is 13.2 Å². The minimum absolute atomic E-state index is 0.522. The molecule has 1 aromatic heterocycles. The highest BCUT2D eigenvalue weighted by Gasteiger charge is 2.30. The number of nitrogen functional groups attached to an aromatic ring is 1. The van der Waals surface area contributed by atoms with Gasteiger partial charge in [0.2, 0.25) is 0 Å². The van der Waals surface area contributed by atoms with Crippen LogP contribution >= 0.6 is 11.3 Å². The topological polar surface area (TPSA) is 42.1 Å². The van der Waals surface area contributed by atoms with Gasteiger partial charge in [-0.3, -0.25) is 4.90 Å². The highest BCUT2D eigenvalue weighted by molar-refractivity contribution is 7.15. The Bertz CT molecular complexity index is 641. The van der Waals surface area contributed by atoms with Crippen molar-refractivity contribution in [2.24, 2.45) is 0 Å². The number of nitrogens with two attached hydrogens (primary N) is 1. The molecule has 3 rings (SSSR count). The molecule has 0 aliphatic carbocycles. The number of rotatable bonds is 2. The number of fused-ring (bicyclic) bond motifs is 1. The van der Waals surface area contributed by atoms with Crippen molar-refractivity contribution in [2.75, 3.05) is 18.8 Å². The number of alkyl halides is 3. The van der Waals surface area contributed by atoms with E-state index in [-0.39, 0.29) is 0 Å². The number of hydrogen-bond donors (Lipinski definition) is 1. The van der Waals surface area contributed by atoms with Crippen LogP contribution in [0.2, 0.25) is 0 Å². The molecule has 22 heavy (non-hydrogen) atoms. The molecule has 118 valence electrons. The molecule has 0 saturated heterocycles. The van der Waals surface area contributed by atoms with Gasteiger partial charge in [-0.25, -0.2) is 4.98 Å². The molecule has 1 aliphatic rings. The highest BCUT2D eigenvalue weighted by Crippen LogP contribution is 2.30. The van der Waals surface area contributed by atoms with Gasteiger partial charge in [0, 0.05) is 30.9 Å². The molecule has 0 radical (unpaired) electrons.